The Bertz CT molecular complexity index is 413. The van der Waals surface area contributed by atoms with Gasteiger partial charge in [-0.3, -0.25) is 4.79 Å². The van der Waals surface area contributed by atoms with E-state index in [2.05, 4.69) is 23.0 Å². The standard InChI is InChI=1S/C14H21NO3S/c1-10(11-5-6-18-9-11)15-8-13-4-3-12(19-13)7-14(16)17-2/h3-4,10-11,15H,5-9H2,1-2H3. The molecule has 0 aliphatic carbocycles. The molecular formula is C14H21NO3S. The molecule has 0 aromatic carbocycles. The van der Waals surface area contributed by atoms with Gasteiger partial charge >= 0.3 is 5.97 Å². The molecule has 1 aliphatic heterocycles. The van der Waals surface area contributed by atoms with Gasteiger partial charge in [-0.05, 0) is 31.4 Å². The van der Waals surface area contributed by atoms with E-state index in [1.807, 2.05) is 6.07 Å². The second-order valence-corrected chi connectivity index (χ2v) is 6.17. The van der Waals surface area contributed by atoms with Crippen molar-refractivity contribution in [2.75, 3.05) is 20.3 Å². The van der Waals surface area contributed by atoms with Gasteiger partial charge in [-0.25, -0.2) is 0 Å². The second-order valence-electron chi connectivity index (χ2n) is 4.91. The smallest absolute Gasteiger partial charge is 0.310 e. The highest BCUT2D eigenvalue weighted by Crippen LogP contribution is 2.20. The Kier molecular flexibility index (Phi) is 5.36. The zero-order valence-electron chi connectivity index (χ0n) is 11.5. The molecule has 1 fully saturated rings. The molecule has 0 amide bonds. The van der Waals surface area contributed by atoms with E-state index in [0.717, 1.165) is 31.1 Å². The van der Waals surface area contributed by atoms with Gasteiger partial charge < -0.3 is 14.8 Å². The number of methoxy groups -OCH3 is 1. The molecule has 2 rings (SSSR count). The van der Waals surface area contributed by atoms with Crippen molar-refractivity contribution < 1.29 is 14.3 Å². The molecule has 2 heterocycles. The number of esters is 1. The molecule has 1 aromatic rings. The maximum atomic E-state index is 11.2. The lowest BCUT2D eigenvalue weighted by Crippen LogP contribution is -2.33. The third-order valence-corrected chi connectivity index (χ3v) is 4.62. The van der Waals surface area contributed by atoms with Gasteiger partial charge in [0.15, 0.2) is 0 Å². The molecule has 1 N–H and O–H groups in total. The number of nitrogens with one attached hydrogen (secondary N) is 1. The van der Waals surface area contributed by atoms with Crippen molar-refractivity contribution >= 4 is 17.3 Å². The third-order valence-electron chi connectivity index (χ3n) is 3.53. The van der Waals surface area contributed by atoms with Gasteiger partial charge in [0, 0.05) is 28.9 Å². The highest BCUT2D eigenvalue weighted by molar-refractivity contribution is 7.12. The molecular weight excluding hydrogens is 262 g/mol. The lowest BCUT2D eigenvalue weighted by molar-refractivity contribution is -0.139. The Morgan fingerprint density at radius 1 is 1.58 bits per heavy atom. The van der Waals surface area contributed by atoms with Crippen molar-refractivity contribution in [2.45, 2.75) is 32.4 Å². The summed E-state index contributed by atoms with van der Waals surface area (Å²) in [5.74, 6) is 0.437. The van der Waals surface area contributed by atoms with E-state index in [0.29, 0.717) is 18.4 Å². The van der Waals surface area contributed by atoms with Crippen molar-refractivity contribution in [3.63, 3.8) is 0 Å². The molecule has 0 bridgehead atoms. The number of carbonyl (C=O) groups is 1. The Morgan fingerprint density at radius 3 is 3.05 bits per heavy atom. The molecule has 2 atom stereocenters. The van der Waals surface area contributed by atoms with Crippen LogP contribution in [0.4, 0.5) is 0 Å². The first kappa shape index (κ1) is 14.5. The van der Waals surface area contributed by atoms with Gasteiger partial charge in [0.25, 0.3) is 0 Å². The van der Waals surface area contributed by atoms with Crippen LogP contribution >= 0.6 is 11.3 Å². The topological polar surface area (TPSA) is 47.6 Å². The molecule has 4 nitrogen and oxygen atoms in total. The van der Waals surface area contributed by atoms with Crippen molar-refractivity contribution in [1.29, 1.82) is 0 Å². The number of carbonyl (C=O) groups excluding carboxylic acids is 1. The monoisotopic (exact) mass is 283 g/mol. The molecule has 19 heavy (non-hydrogen) atoms. The predicted molar refractivity (Wildman–Crippen MR) is 75.3 cm³/mol. The summed E-state index contributed by atoms with van der Waals surface area (Å²) in [5, 5.41) is 3.54. The van der Waals surface area contributed by atoms with Crippen LogP contribution in [0.1, 0.15) is 23.1 Å². The molecule has 0 spiro atoms. The van der Waals surface area contributed by atoms with Gasteiger partial charge in [-0.2, -0.15) is 0 Å². The van der Waals surface area contributed by atoms with E-state index in [9.17, 15) is 4.79 Å². The number of ether oxygens (including phenoxy) is 2. The van der Waals surface area contributed by atoms with Crippen LogP contribution in [0.15, 0.2) is 12.1 Å². The number of hydrogen-bond donors (Lipinski definition) is 1. The molecule has 5 heteroatoms. The van der Waals surface area contributed by atoms with Crippen LogP contribution < -0.4 is 5.32 Å². The molecule has 1 aliphatic rings. The Balaban J connectivity index is 1.77. The average Bonchev–Trinajstić information content (AvgIpc) is 3.07. The molecule has 106 valence electrons. The van der Waals surface area contributed by atoms with Crippen LogP contribution in [0.25, 0.3) is 0 Å². The first-order chi connectivity index (χ1) is 9.19. The zero-order valence-corrected chi connectivity index (χ0v) is 12.3. The Hall–Kier alpha value is -0.910. The fourth-order valence-electron chi connectivity index (χ4n) is 2.20. The van der Waals surface area contributed by atoms with Gasteiger partial charge in [0.05, 0.1) is 20.1 Å². The summed E-state index contributed by atoms with van der Waals surface area (Å²) in [4.78, 5) is 13.5. The minimum Gasteiger partial charge on any atom is -0.469 e. The van der Waals surface area contributed by atoms with E-state index in [1.165, 1.54) is 12.0 Å². The van der Waals surface area contributed by atoms with E-state index >= 15 is 0 Å². The second kappa shape index (κ2) is 7.03. The van der Waals surface area contributed by atoms with Crippen molar-refractivity contribution in [2.24, 2.45) is 5.92 Å². The minimum atomic E-state index is -0.183. The van der Waals surface area contributed by atoms with E-state index in [1.54, 1.807) is 11.3 Å². The number of thiophene rings is 1. The quantitative estimate of drug-likeness (QED) is 0.811. The summed E-state index contributed by atoms with van der Waals surface area (Å²) < 4.78 is 10.1. The maximum absolute atomic E-state index is 11.2. The van der Waals surface area contributed by atoms with E-state index < -0.39 is 0 Å². The summed E-state index contributed by atoms with van der Waals surface area (Å²) in [6.45, 7) is 4.82. The summed E-state index contributed by atoms with van der Waals surface area (Å²) in [7, 11) is 1.42. The van der Waals surface area contributed by atoms with Gasteiger partial charge in [-0.15, -0.1) is 11.3 Å². The molecule has 0 saturated carbocycles. The molecule has 2 unspecified atom stereocenters. The Labute approximate surface area is 118 Å². The first-order valence-corrected chi connectivity index (χ1v) is 7.46. The fourth-order valence-corrected chi connectivity index (χ4v) is 3.16. The highest BCUT2D eigenvalue weighted by Gasteiger charge is 2.21. The normalized spacial score (nSPS) is 20.4. The van der Waals surface area contributed by atoms with Gasteiger partial charge in [0.2, 0.25) is 0 Å². The molecule has 1 saturated heterocycles. The lowest BCUT2D eigenvalue weighted by Gasteiger charge is -2.18. The summed E-state index contributed by atoms with van der Waals surface area (Å²) >= 11 is 1.67. The van der Waals surface area contributed by atoms with Gasteiger partial charge in [-0.1, -0.05) is 0 Å². The van der Waals surface area contributed by atoms with Crippen molar-refractivity contribution in [3.8, 4) is 0 Å². The van der Waals surface area contributed by atoms with Crippen LogP contribution in [0.5, 0.6) is 0 Å². The molecule has 0 radical (unpaired) electrons. The lowest BCUT2D eigenvalue weighted by atomic mass is 10.0. The van der Waals surface area contributed by atoms with Crippen LogP contribution in [-0.4, -0.2) is 32.3 Å². The number of rotatable bonds is 6. The summed E-state index contributed by atoms with van der Waals surface area (Å²) in [6.07, 6.45) is 1.51. The summed E-state index contributed by atoms with van der Waals surface area (Å²) in [6, 6.07) is 4.55. The SMILES string of the molecule is COC(=O)Cc1ccc(CNC(C)C2CCOC2)s1. The average molecular weight is 283 g/mol. The third kappa shape index (κ3) is 4.30. The van der Waals surface area contributed by atoms with Crippen LogP contribution in [-0.2, 0) is 27.2 Å². The van der Waals surface area contributed by atoms with Crippen LogP contribution in [0, 0.1) is 5.92 Å². The van der Waals surface area contributed by atoms with Crippen molar-refractivity contribution in [3.05, 3.63) is 21.9 Å². The molecule has 1 aromatic heterocycles. The summed E-state index contributed by atoms with van der Waals surface area (Å²) in [5.41, 5.74) is 0. The predicted octanol–water partition coefficient (Wildman–Crippen LogP) is 1.98. The first-order valence-electron chi connectivity index (χ1n) is 6.64. The van der Waals surface area contributed by atoms with E-state index in [-0.39, 0.29) is 5.97 Å². The highest BCUT2D eigenvalue weighted by atomic mass is 32.1. The van der Waals surface area contributed by atoms with Crippen LogP contribution in [0.3, 0.4) is 0 Å². The number of hydrogen-bond acceptors (Lipinski definition) is 5. The van der Waals surface area contributed by atoms with E-state index in [4.69, 9.17) is 4.74 Å². The van der Waals surface area contributed by atoms with Gasteiger partial charge in [0.1, 0.15) is 0 Å². The zero-order chi connectivity index (χ0) is 13.7. The fraction of sp³-hybridized carbons (Fsp3) is 0.643. The van der Waals surface area contributed by atoms with Crippen molar-refractivity contribution in [1.82, 2.24) is 5.32 Å². The Morgan fingerprint density at radius 2 is 2.37 bits per heavy atom. The minimum absolute atomic E-state index is 0.183. The maximum Gasteiger partial charge on any atom is 0.310 e. The largest absolute Gasteiger partial charge is 0.469 e. The van der Waals surface area contributed by atoms with Crippen LogP contribution in [0.2, 0.25) is 0 Å².